The summed E-state index contributed by atoms with van der Waals surface area (Å²) in [6.45, 7) is 5.70. The third kappa shape index (κ3) is 3.95. The van der Waals surface area contributed by atoms with Crippen molar-refractivity contribution in [2.24, 2.45) is 0 Å². The number of aryl methyl sites for hydroxylation is 1. The van der Waals surface area contributed by atoms with Crippen molar-refractivity contribution in [2.45, 2.75) is 20.3 Å². The SMILES string of the molecule is CCCN(CCBr)C(=O)c1cccc(C)c1I. The van der Waals surface area contributed by atoms with Gasteiger partial charge in [-0.1, -0.05) is 35.0 Å². The fourth-order valence-corrected chi connectivity index (χ4v) is 2.69. The predicted molar refractivity (Wildman–Crippen MR) is 83.9 cm³/mol. The van der Waals surface area contributed by atoms with Crippen LogP contribution in [0.2, 0.25) is 0 Å². The average Bonchev–Trinajstić information content (AvgIpc) is 2.31. The summed E-state index contributed by atoms with van der Waals surface area (Å²) in [5.41, 5.74) is 1.98. The quantitative estimate of drug-likeness (QED) is 0.534. The molecular formula is C13H17BrINO. The molecule has 17 heavy (non-hydrogen) atoms. The first-order valence-corrected chi connectivity index (χ1v) is 7.92. The smallest absolute Gasteiger partial charge is 0.254 e. The maximum atomic E-state index is 12.4. The molecule has 4 heteroatoms. The first kappa shape index (κ1) is 15.0. The second-order valence-electron chi connectivity index (χ2n) is 3.92. The van der Waals surface area contributed by atoms with Crippen molar-refractivity contribution < 1.29 is 4.79 Å². The van der Waals surface area contributed by atoms with Crippen molar-refractivity contribution in [1.29, 1.82) is 0 Å². The molecule has 0 aromatic heterocycles. The molecule has 0 aliphatic rings. The van der Waals surface area contributed by atoms with Gasteiger partial charge in [0.25, 0.3) is 5.91 Å². The van der Waals surface area contributed by atoms with Gasteiger partial charge < -0.3 is 4.90 Å². The molecule has 1 rings (SSSR count). The van der Waals surface area contributed by atoms with E-state index in [1.807, 2.05) is 30.0 Å². The zero-order chi connectivity index (χ0) is 12.8. The highest BCUT2D eigenvalue weighted by atomic mass is 127. The number of amides is 1. The molecule has 0 aliphatic carbocycles. The second kappa shape index (κ2) is 7.36. The summed E-state index contributed by atoms with van der Waals surface area (Å²) in [5.74, 6) is 0.138. The standard InChI is InChI=1S/C13H17BrINO/c1-3-8-16(9-7-14)13(17)11-6-4-5-10(2)12(11)15/h4-6H,3,7-9H2,1-2H3. The van der Waals surface area contributed by atoms with E-state index in [0.29, 0.717) is 0 Å². The van der Waals surface area contributed by atoms with Crippen molar-refractivity contribution in [3.8, 4) is 0 Å². The van der Waals surface area contributed by atoms with Gasteiger partial charge >= 0.3 is 0 Å². The lowest BCUT2D eigenvalue weighted by Crippen LogP contribution is -2.34. The second-order valence-corrected chi connectivity index (χ2v) is 5.79. The largest absolute Gasteiger partial charge is 0.338 e. The van der Waals surface area contributed by atoms with Gasteiger partial charge in [0.1, 0.15) is 0 Å². The van der Waals surface area contributed by atoms with Crippen LogP contribution in [0.1, 0.15) is 29.3 Å². The summed E-state index contributed by atoms with van der Waals surface area (Å²) in [4.78, 5) is 14.3. The van der Waals surface area contributed by atoms with Crippen LogP contribution in [0.5, 0.6) is 0 Å². The van der Waals surface area contributed by atoms with E-state index in [0.717, 1.165) is 39.5 Å². The fraction of sp³-hybridized carbons (Fsp3) is 0.462. The zero-order valence-corrected chi connectivity index (χ0v) is 13.9. The van der Waals surface area contributed by atoms with Gasteiger partial charge in [0, 0.05) is 22.0 Å². The Morgan fingerprint density at radius 1 is 1.41 bits per heavy atom. The molecule has 0 aliphatic heterocycles. The van der Waals surface area contributed by atoms with Crippen LogP contribution in [0.4, 0.5) is 0 Å². The Bertz CT molecular complexity index is 389. The maximum Gasteiger partial charge on any atom is 0.254 e. The van der Waals surface area contributed by atoms with Crippen LogP contribution in [0, 0.1) is 10.5 Å². The van der Waals surface area contributed by atoms with Crippen LogP contribution in [0.15, 0.2) is 18.2 Å². The number of hydrogen-bond acceptors (Lipinski definition) is 1. The summed E-state index contributed by atoms with van der Waals surface area (Å²) in [6.07, 6.45) is 0.987. The highest BCUT2D eigenvalue weighted by molar-refractivity contribution is 14.1. The maximum absolute atomic E-state index is 12.4. The highest BCUT2D eigenvalue weighted by Gasteiger charge is 2.17. The van der Waals surface area contributed by atoms with E-state index in [9.17, 15) is 4.79 Å². The molecule has 0 fully saturated rings. The molecule has 0 radical (unpaired) electrons. The zero-order valence-electron chi connectivity index (χ0n) is 10.2. The van der Waals surface area contributed by atoms with Crippen LogP contribution >= 0.6 is 38.5 Å². The molecule has 1 aromatic rings. The molecule has 0 saturated heterocycles. The molecule has 2 nitrogen and oxygen atoms in total. The molecule has 0 N–H and O–H groups in total. The van der Waals surface area contributed by atoms with Gasteiger partial charge in [0.05, 0.1) is 5.56 Å². The Morgan fingerprint density at radius 3 is 2.71 bits per heavy atom. The van der Waals surface area contributed by atoms with Crippen LogP contribution in [-0.4, -0.2) is 29.2 Å². The lowest BCUT2D eigenvalue weighted by atomic mass is 10.1. The van der Waals surface area contributed by atoms with Crippen LogP contribution in [0.3, 0.4) is 0 Å². The number of carbonyl (C=O) groups is 1. The Labute approximate surface area is 125 Å². The first-order valence-electron chi connectivity index (χ1n) is 5.72. The number of hydrogen-bond donors (Lipinski definition) is 0. The molecule has 0 heterocycles. The van der Waals surface area contributed by atoms with E-state index >= 15 is 0 Å². The van der Waals surface area contributed by atoms with E-state index in [4.69, 9.17) is 0 Å². The molecule has 0 spiro atoms. The van der Waals surface area contributed by atoms with E-state index in [-0.39, 0.29) is 5.91 Å². The summed E-state index contributed by atoms with van der Waals surface area (Å²) < 4.78 is 1.06. The van der Waals surface area contributed by atoms with Crippen LogP contribution in [0.25, 0.3) is 0 Å². The minimum Gasteiger partial charge on any atom is -0.338 e. The van der Waals surface area contributed by atoms with Crippen molar-refractivity contribution in [3.63, 3.8) is 0 Å². The summed E-state index contributed by atoms with van der Waals surface area (Å²) in [7, 11) is 0. The number of benzene rings is 1. The van der Waals surface area contributed by atoms with Crippen LogP contribution < -0.4 is 0 Å². The Kier molecular flexibility index (Phi) is 6.48. The van der Waals surface area contributed by atoms with Gasteiger partial charge in [-0.2, -0.15) is 0 Å². The van der Waals surface area contributed by atoms with Gasteiger partial charge in [-0.15, -0.1) is 0 Å². The first-order chi connectivity index (χ1) is 8.11. The molecule has 0 saturated carbocycles. The number of halogens is 2. The molecule has 0 atom stereocenters. The highest BCUT2D eigenvalue weighted by Crippen LogP contribution is 2.18. The van der Waals surface area contributed by atoms with Crippen LogP contribution in [-0.2, 0) is 0 Å². The van der Waals surface area contributed by atoms with E-state index in [1.54, 1.807) is 0 Å². The van der Waals surface area contributed by atoms with Crippen molar-refractivity contribution in [3.05, 3.63) is 32.9 Å². The molecular weight excluding hydrogens is 393 g/mol. The van der Waals surface area contributed by atoms with E-state index in [2.05, 4.69) is 45.4 Å². The normalized spacial score (nSPS) is 10.4. The number of rotatable bonds is 5. The van der Waals surface area contributed by atoms with Crippen molar-refractivity contribution in [2.75, 3.05) is 18.4 Å². The van der Waals surface area contributed by atoms with Gasteiger partial charge in [0.2, 0.25) is 0 Å². The summed E-state index contributed by atoms with van der Waals surface area (Å²) >= 11 is 5.65. The molecule has 1 amide bonds. The average molecular weight is 410 g/mol. The molecule has 0 unspecified atom stereocenters. The Morgan fingerprint density at radius 2 is 2.12 bits per heavy atom. The monoisotopic (exact) mass is 409 g/mol. The van der Waals surface area contributed by atoms with E-state index < -0.39 is 0 Å². The third-order valence-corrected chi connectivity index (χ3v) is 4.34. The van der Waals surface area contributed by atoms with Gasteiger partial charge in [-0.05, 0) is 47.6 Å². The van der Waals surface area contributed by atoms with Crippen molar-refractivity contribution in [1.82, 2.24) is 4.90 Å². The third-order valence-electron chi connectivity index (χ3n) is 2.56. The molecule has 94 valence electrons. The fourth-order valence-electron chi connectivity index (χ4n) is 1.67. The van der Waals surface area contributed by atoms with E-state index in [1.165, 1.54) is 0 Å². The lowest BCUT2D eigenvalue weighted by molar-refractivity contribution is 0.0765. The minimum absolute atomic E-state index is 0.138. The summed E-state index contributed by atoms with van der Waals surface area (Å²) in [6, 6.07) is 5.89. The number of carbonyl (C=O) groups excluding carboxylic acids is 1. The topological polar surface area (TPSA) is 20.3 Å². The van der Waals surface area contributed by atoms with Crippen molar-refractivity contribution >= 4 is 44.4 Å². The lowest BCUT2D eigenvalue weighted by Gasteiger charge is -2.22. The Hall–Kier alpha value is -0.100. The van der Waals surface area contributed by atoms with Gasteiger partial charge in [-0.3, -0.25) is 4.79 Å². The molecule has 1 aromatic carbocycles. The Balaban J connectivity index is 2.96. The summed E-state index contributed by atoms with van der Waals surface area (Å²) in [5, 5.41) is 0.821. The van der Waals surface area contributed by atoms with Gasteiger partial charge in [0.15, 0.2) is 0 Å². The van der Waals surface area contributed by atoms with Gasteiger partial charge in [-0.25, -0.2) is 0 Å². The minimum atomic E-state index is 0.138. The predicted octanol–water partition coefficient (Wildman–Crippen LogP) is 3.85. The molecule has 0 bridgehead atoms. The number of alkyl halides is 1. The number of nitrogens with zero attached hydrogens (tertiary/aromatic N) is 1.